The van der Waals surface area contributed by atoms with Gasteiger partial charge in [0.25, 0.3) is 0 Å². The molecule has 0 saturated carbocycles. The fraction of sp³-hybridized carbons (Fsp3) is 0.292. The van der Waals surface area contributed by atoms with Gasteiger partial charge in [0, 0.05) is 11.6 Å². The molecule has 0 spiro atoms. The first-order chi connectivity index (χ1) is 12.1. The van der Waals surface area contributed by atoms with E-state index in [4.69, 9.17) is 0 Å². The van der Waals surface area contributed by atoms with Gasteiger partial charge >= 0.3 is 0 Å². The van der Waals surface area contributed by atoms with E-state index in [1.807, 2.05) is 12.3 Å². The van der Waals surface area contributed by atoms with Crippen LogP contribution in [0.15, 0.2) is 60.8 Å². The smallest absolute Gasteiger partial charge is 0.0736 e. The summed E-state index contributed by atoms with van der Waals surface area (Å²) in [6.45, 7) is 8.91. The summed E-state index contributed by atoms with van der Waals surface area (Å²) in [6.07, 6.45) is 7.45. The highest BCUT2D eigenvalue weighted by Crippen LogP contribution is 2.28. The molecule has 1 heteroatoms. The minimum absolute atomic E-state index is 0.540. The summed E-state index contributed by atoms with van der Waals surface area (Å²) in [5.41, 5.74) is 6.93. The topological polar surface area (TPSA) is 12.9 Å². The van der Waals surface area contributed by atoms with Crippen LogP contribution < -0.4 is 0 Å². The third-order valence-electron chi connectivity index (χ3n) is 4.78. The van der Waals surface area contributed by atoms with Gasteiger partial charge in [-0.2, -0.15) is 0 Å². The summed E-state index contributed by atoms with van der Waals surface area (Å²) in [4.78, 5) is 4.40. The zero-order valence-corrected chi connectivity index (χ0v) is 15.7. The number of benzene rings is 2. The van der Waals surface area contributed by atoms with Crippen molar-refractivity contribution < 1.29 is 0 Å². The number of rotatable bonds is 2. The molecule has 25 heavy (non-hydrogen) atoms. The molecule has 0 aliphatic heterocycles. The van der Waals surface area contributed by atoms with Gasteiger partial charge in [-0.3, -0.25) is 4.98 Å². The number of allylic oxidation sites excluding steroid dienone is 1. The van der Waals surface area contributed by atoms with E-state index in [2.05, 4.69) is 87.3 Å². The highest BCUT2D eigenvalue weighted by atomic mass is 14.6. The maximum Gasteiger partial charge on any atom is 0.0736 e. The monoisotopic (exact) mass is 329 g/mol. The van der Waals surface area contributed by atoms with Crippen molar-refractivity contribution >= 4 is 17.0 Å². The van der Waals surface area contributed by atoms with Crippen molar-refractivity contribution in [3.63, 3.8) is 0 Å². The van der Waals surface area contributed by atoms with Crippen molar-refractivity contribution in [1.29, 1.82) is 0 Å². The average molecular weight is 329 g/mol. The summed E-state index contributed by atoms with van der Waals surface area (Å²) >= 11 is 0. The van der Waals surface area contributed by atoms with E-state index in [1.165, 1.54) is 27.6 Å². The Labute approximate surface area is 151 Å². The molecule has 0 bridgehead atoms. The Kier molecular flexibility index (Phi) is 5.33. The van der Waals surface area contributed by atoms with E-state index in [1.54, 1.807) is 0 Å². The summed E-state index contributed by atoms with van der Waals surface area (Å²) in [7, 11) is 0. The standard InChI is InChI=1S/C12H13N.C12H14/c1-9(2)11-7-3-5-10-6-4-8-13-12(10)11;1-9(2)11-7-3-5-10-6-4-8-12(10)11/h3-9H,1-2H3;3-7,9H,8H2,1-2H3. The van der Waals surface area contributed by atoms with E-state index in [-0.39, 0.29) is 0 Å². The summed E-state index contributed by atoms with van der Waals surface area (Å²) in [6, 6.07) is 17.0. The van der Waals surface area contributed by atoms with Crippen LogP contribution in [0.4, 0.5) is 0 Å². The van der Waals surface area contributed by atoms with Gasteiger partial charge in [0.15, 0.2) is 0 Å². The molecule has 1 aliphatic rings. The molecule has 0 unspecified atom stereocenters. The van der Waals surface area contributed by atoms with Crippen molar-refractivity contribution in [3.8, 4) is 0 Å². The minimum Gasteiger partial charge on any atom is -0.256 e. The molecule has 0 radical (unpaired) electrons. The van der Waals surface area contributed by atoms with Gasteiger partial charge in [-0.05, 0) is 46.6 Å². The van der Waals surface area contributed by atoms with Gasteiger partial charge in [-0.25, -0.2) is 0 Å². The zero-order valence-electron chi connectivity index (χ0n) is 15.7. The van der Waals surface area contributed by atoms with Crippen LogP contribution >= 0.6 is 0 Å². The van der Waals surface area contributed by atoms with Crippen molar-refractivity contribution in [2.75, 3.05) is 0 Å². The predicted molar refractivity (Wildman–Crippen MR) is 109 cm³/mol. The van der Waals surface area contributed by atoms with Gasteiger partial charge in [-0.15, -0.1) is 0 Å². The second-order valence-electron chi connectivity index (χ2n) is 7.25. The molecule has 1 heterocycles. The minimum atomic E-state index is 0.540. The fourth-order valence-electron chi connectivity index (χ4n) is 3.45. The van der Waals surface area contributed by atoms with Gasteiger partial charge < -0.3 is 0 Å². The van der Waals surface area contributed by atoms with Crippen LogP contribution in [0.5, 0.6) is 0 Å². The molecule has 1 aliphatic carbocycles. The summed E-state index contributed by atoms with van der Waals surface area (Å²) in [5, 5.41) is 1.23. The van der Waals surface area contributed by atoms with E-state index in [0.29, 0.717) is 11.8 Å². The van der Waals surface area contributed by atoms with E-state index < -0.39 is 0 Å². The lowest BCUT2D eigenvalue weighted by Crippen LogP contribution is -1.94. The first-order valence-electron chi connectivity index (χ1n) is 9.20. The highest BCUT2D eigenvalue weighted by Gasteiger charge is 2.11. The average Bonchev–Trinajstić information content (AvgIpc) is 3.10. The van der Waals surface area contributed by atoms with Crippen LogP contribution in [0.3, 0.4) is 0 Å². The Morgan fingerprint density at radius 1 is 0.800 bits per heavy atom. The van der Waals surface area contributed by atoms with Crippen LogP contribution in [0, 0.1) is 0 Å². The molecule has 3 aromatic rings. The van der Waals surface area contributed by atoms with Crippen LogP contribution in [-0.2, 0) is 6.42 Å². The molecule has 128 valence electrons. The molecule has 0 N–H and O–H groups in total. The summed E-state index contributed by atoms with van der Waals surface area (Å²) < 4.78 is 0. The number of fused-ring (bicyclic) bond motifs is 2. The lowest BCUT2D eigenvalue weighted by Gasteiger charge is -2.10. The molecular weight excluding hydrogens is 302 g/mol. The van der Waals surface area contributed by atoms with Crippen LogP contribution in [0.25, 0.3) is 17.0 Å². The normalized spacial score (nSPS) is 12.4. The zero-order chi connectivity index (χ0) is 17.8. The molecule has 0 amide bonds. The summed E-state index contributed by atoms with van der Waals surface area (Å²) in [5.74, 6) is 1.19. The maximum atomic E-state index is 4.40. The number of hydrogen-bond acceptors (Lipinski definition) is 1. The van der Waals surface area contributed by atoms with Crippen molar-refractivity contribution in [1.82, 2.24) is 4.98 Å². The Bertz CT molecular complexity index is 882. The van der Waals surface area contributed by atoms with Crippen LogP contribution in [-0.4, -0.2) is 4.98 Å². The number of pyridine rings is 1. The van der Waals surface area contributed by atoms with Crippen molar-refractivity contribution in [3.05, 3.63) is 83.1 Å². The van der Waals surface area contributed by atoms with Gasteiger partial charge in [0.1, 0.15) is 0 Å². The van der Waals surface area contributed by atoms with Gasteiger partial charge in [0.05, 0.1) is 5.52 Å². The first-order valence-corrected chi connectivity index (χ1v) is 9.20. The number of hydrogen-bond donors (Lipinski definition) is 0. The highest BCUT2D eigenvalue weighted by molar-refractivity contribution is 5.81. The molecule has 1 nitrogen and oxygen atoms in total. The van der Waals surface area contributed by atoms with E-state index in [0.717, 1.165) is 11.9 Å². The quantitative estimate of drug-likeness (QED) is 0.507. The third kappa shape index (κ3) is 3.82. The predicted octanol–water partition coefficient (Wildman–Crippen LogP) is 6.74. The van der Waals surface area contributed by atoms with Gasteiger partial charge in [-0.1, -0.05) is 82.3 Å². The SMILES string of the molecule is CC(C)c1cccc2c1CC=C2.CC(C)c1cccc2cccnc12. The lowest BCUT2D eigenvalue weighted by atomic mass is 9.94. The second kappa shape index (κ2) is 7.65. The van der Waals surface area contributed by atoms with Crippen molar-refractivity contribution in [2.24, 2.45) is 0 Å². The molecule has 2 aromatic carbocycles. The second-order valence-corrected chi connectivity index (χ2v) is 7.25. The Balaban J connectivity index is 0.000000146. The molecule has 0 fully saturated rings. The molecule has 1 aromatic heterocycles. The Morgan fingerprint density at radius 3 is 2.24 bits per heavy atom. The number of nitrogens with zero attached hydrogens (tertiary/aromatic N) is 1. The Morgan fingerprint density at radius 2 is 1.48 bits per heavy atom. The molecule has 0 atom stereocenters. The lowest BCUT2D eigenvalue weighted by molar-refractivity contribution is 0.851. The maximum absolute atomic E-state index is 4.40. The van der Waals surface area contributed by atoms with Gasteiger partial charge in [0.2, 0.25) is 0 Å². The first kappa shape index (κ1) is 17.4. The van der Waals surface area contributed by atoms with Crippen molar-refractivity contribution in [2.45, 2.75) is 46.0 Å². The number of para-hydroxylation sites is 1. The fourth-order valence-corrected chi connectivity index (χ4v) is 3.45. The van der Waals surface area contributed by atoms with Crippen LogP contribution in [0.2, 0.25) is 0 Å². The Hall–Kier alpha value is -2.41. The third-order valence-corrected chi connectivity index (χ3v) is 4.78. The van der Waals surface area contributed by atoms with E-state index >= 15 is 0 Å². The van der Waals surface area contributed by atoms with Crippen LogP contribution in [0.1, 0.15) is 61.8 Å². The molecule has 0 saturated heterocycles. The number of aromatic nitrogens is 1. The molecule has 4 rings (SSSR count). The van der Waals surface area contributed by atoms with E-state index in [9.17, 15) is 0 Å². The largest absolute Gasteiger partial charge is 0.256 e. The molecular formula is C24H27N.